The number of nitrogens with one attached hydrogen (secondary N) is 1. The standard InChI is InChI=1S/C12H21N3O/c1-4-7-13-9-11-10-16-12(14-11)15(6-3)8-5-2/h5,10,13H,2,4,6-9H2,1,3H3. The Morgan fingerprint density at radius 2 is 2.38 bits per heavy atom. The number of anilines is 1. The van der Waals surface area contributed by atoms with Crippen molar-refractivity contribution in [2.24, 2.45) is 0 Å². The maximum atomic E-state index is 5.43. The Hall–Kier alpha value is -1.29. The molecule has 4 heteroatoms. The molecule has 0 spiro atoms. The van der Waals surface area contributed by atoms with E-state index in [-0.39, 0.29) is 0 Å². The third kappa shape index (κ3) is 3.70. The summed E-state index contributed by atoms with van der Waals surface area (Å²) in [4.78, 5) is 6.46. The van der Waals surface area contributed by atoms with Crippen molar-refractivity contribution < 1.29 is 4.42 Å². The van der Waals surface area contributed by atoms with Crippen LogP contribution in [0, 0.1) is 0 Å². The molecule has 0 aliphatic heterocycles. The van der Waals surface area contributed by atoms with Gasteiger partial charge < -0.3 is 14.6 Å². The lowest BCUT2D eigenvalue weighted by Gasteiger charge is -2.15. The Balaban J connectivity index is 2.51. The normalized spacial score (nSPS) is 10.4. The zero-order valence-corrected chi connectivity index (χ0v) is 10.2. The number of hydrogen-bond acceptors (Lipinski definition) is 4. The van der Waals surface area contributed by atoms with Gasteiger partial charge in [-0.2, -0.15) is 4.98 Å². The molecule has 0 amide bonds. The summed E-state index contributed by atoms with van der Waals surface area (Å²) >= 11 is 0. The molecule has 90 valence electrons. The highest BCUT2D eigenvalue weighted by molar-refractivity contribution is 5.27. The van der Waals surface area contributed by atoms with Gasteiger partial charge in [-0.25, -0.2) is 0 Å². The lowest BCUT2D eigenvalue weighted by atomic mass is 10.4. The zero-order chi connectivity index (χ0) is 11.8. The fraction of sp³-hybridized carbons (Fsp3) is 0.583. The van der Waals surface area contributed by atoms with Crippen molar-refractivity contribution in [2.45, 2.75) is 26.8 Å². The monoisotopic (exact) mass is 223 g/mol. The number of oxazole rings is 1. The van der Waals surface area contributed by atoms with Crippen LogP contribution in [-0.2, 0) is 6.54 Å². The summed E-state index contributed by atoms with van der Waals surface area (Å²) in [6.07, 6.45) is 4.69. The summed E-state index contributed by atoms with van der Waals surface area (Å²) in [5.41, 5.74) is 0.950. The second kappa shape index (κ2) is 7.06. The van der Waals surface area contributed by atoms with Crippen LogP contribution < -0.4 is 10.2 Å². The number of rotatable bonds is 8. The predicted molar refractivity (Wildman–Crippen MR) is 66.6 cm³/mol. The Kier molecular flexibility index (Phi) is 5.64. The van der Waals surface area contributed by atoms with E-state index in [0.29, 0.717) is 6.01 Å². The molecule has 0 atom stereocenters. The number of nitrogens with zero attached hydrogens (tertiary/aromatic N) is 2. The summed E-state index contributed by atoms with van der Waals surface area (Å²) in [7, 11) is 0. The van der Waals surface area contributed by atoms with Crippen molar-refractivity contribution >= 4 is 6.01 Å². The molecular formula is C12H21N3O. The van der Waals surface area contributed by atoms with Gasteiger partial charge in [-0.15, -0.1) is 6.58 Å². The van der Waals surface area contributed by atoms with Crippen molar-refractivity contribution in [1.29, 1.82) is 0 Å². The Bertz CT molecular complexity index is 309. The van der Waals surface area contributed by atoms with Crippen molar-refractivity contribution in [1.82, 2.24) is 10.3 Å². The van der Waals surface area contributed by atoms with E-state index in [1.165, 1.54) is 0 Å². The van der Waals surface area contributed by atoms with Crippen LogP contribution in [0.15, 0.2) is 23.3 Å². The average Bonchev–Trinajstić information content (AvgIpc) is 2.75. The van der Waals surface area contributed by atoms with E-state index in [9.17, 15) is 0 Å². The Morgan fingerprint density at radius 1 is 1.56 bits per heavy atom. The first-order valence-electron chi connectivity index (χ1n) is 5.82. The lowest BCUT2D eigenvalue weighted by molar-refractivity contribution is 0.541. The average molecular weight is 223 g/mol. The van der Waals surface area contributed by atoms with E-state index in [1.807, 2.05) is 11.0 Å². The summed E-state index contributed by atoms with van der Waals surface area (Å²) < 4.78 is 5.43. The minimum atomic E-state index is 0.677. The molecule has 0 fully saturated rings. The second-order valence-electron chi connectivity index (χ2n) is 3.63. The summed E-state index contributed by atoms with van der Waals surface area (Å²) in [5.74, 6) is 0. The van der Waals surface area contributed by atoms with Crippen molar-refractivity contribution in [3.63, 3.8) is 0 Å². The van der Waals surface area contributed by atoms with Gasteiger partial charge in [-0.05, 0) is 19.9 Å². The van der Waals surface area contributed by atoms with Gasteiger partial charge in [0.25, 0.3) is 6.01 Å². The van der Waals surface area contributed by atoms with Crippen LogP contribution in [0.1, 0.15) is 26.0 Å². The maximum absolute atomic E-state index is 5.43. The van der Waals surface area contributed by atoms with Gasteiger partial charge in [0.1, 0.15) is 6.26 Å². The molecule has 0 unspecified atom stereocenters. The Morgan fingerprint density at radius 3 is 3.00 bits per heavy atom. The molecule has 1 aromatic rings. The van der Waals surface area contributed by atoms with Gasteiger partial charge in [0.05, 0.1) is 5.69 Å². The number of hydrogen-bond donors (Lipinski definition) is 1. The highest BCUT2D eigenvalue weighted by Gasteiger charge is 2.09. The molecule has 0 saturated carbocycles. The molecule has 1 rings (SSSR count). The molecule has 0 bridgehead atoms. The second-order valence-corrected chi connectivity index (χ2v) is 3.63. The van der Waals surface area contributed by atoms with E-state index in [4.69, 9.17) is 4.42 Å². The number of likely N-dealkylation sites (N-methyl/N-ethyl adjacent to an activating group) is 1. The largest absolute Gasteiger partial charge is 0.432 e. The van der Waals surface area contributed by atoms with Crippen LogP contribution in [0.2, 0.25) is 0 Å². The molecule has 0 aromatic carbocycles. The van der Waals surface area contributed by atoms with Crippen molar-refractivity contribution in [3.8, 4) is 0 Å². The van der Waals surface area contributed by atoms with E-state index < -0.39 is 0 Å². The molecule has 16 heavy (non-hydrogen) atoms. The van der Waals surface area contributed by atoms with Gasteiger partial charge in [-0.1, -0.05) is 13.0 Å². The lowest BCUT2D eigenvalue weighted by Crippen LogP contribution is -2.23. The minimum Gasteiger partial charge on any atom is -0.432 e. The first-order valence-corrected chi connectivity index (χ1v) is 5.82. The van der Waals surface area contributed by atoms with Gasteiger partial charge in [-0.3, -0.25) is 0 Å². The van der Waals surface area contributed by atoms with Crippen LogP contribution >= 0.6 is 0 Å². The minimum absolute atomic E-state index is 0.677. The van der Waals surface area contributed by atoms with Crippen LogP contribution in [0.3, 0.4) is 0 Å². The molecule has 1 aromatic heterocycles. The zero-order valence-electron chi connectivity index (χ0n) is 10.2. The molecular weight excluding hydrogens is 202 g/mol. The first-order chi connectivity index (χ1) is 7.81. The van der Waals surface area contributed by atoms with Crippen molar-refractivity contribution in [3.05, 3.63) is 24.6 Å². The third-order valence-electron chi connectivity index (χ3n) is 2.27. The smallest absolute Gasteiger partial charge is 0.297 e. The van der Waals surface area contributed by atoms with Gasteiger partial charge >= 0.3 is 0 Å². The quantitative estimate of drug-likeness (QED) is 0.542. The van der Waals surface area contributed by atoms with Crippen LogP contribution in [0.5, 0.6) is 0 Å². The molecule has 0 aliphatic rings. The van der Waals surface area contributed by atoms with Crippen LogP contribution in [-0.4, -0.2) is 24.6 Å². The van der Waals surface area contributed by atoms with E-state index in [2.05, 4.69) is 30.7 Å². The van der Waals surface area contributed by atoms with Crippen molar-refractivity contribution in [2.75, 3.05) is 24.5 Å². The van der Waals surface area contributed by atoms with E-state index >= 15 is 0 Å². The van der Waals surface area contributed by atoms with Crippen LogP contribution in [0.4, 0.5) is 6.01 Å². The summed E-state index contributed by atoms with van der Waals surface area (Å²) in [5, 5.41) is 3.29. The Labute approximate surface area is 97.3 Å². The maximum Gasteiger partial charge on any atom is 0.297 e. The van der Waals surface area contributed by atoms with Crippen LogP contribution in [0.25, 0.3) is 0 Å². The molecule has 1 heterocycles. The molecule has 1 N–H and O–H groups in total. The number of aromatic nitrogens is 1. The summed E-state index contributed by atoms with van der Waals surface area (Å²) in [6, 6.07) is 0.677. The molecule has 0 radical (unpaired) electrons. The SMILES string of the molecule is C=CCN(CC)c1nc(CNCCC)co1. The topological polar surface area (TPSA) is 41.3 Å². The fourth-order valence-electron chi connectivity index (χ4n) is 1.41. The highest BCUT2D eigenvalue weighted by Crippen LogP contribution is 2.13. The molecule has 4 nitrogen and oxygen atoms in total. The van der Waals surface area contributed by atoms with Gasteiger partial charge in [0.2, 0.25) is 0 Å². The fourth-order valence-corrected chi connectivity index (χ4v) is 1.41. The first kappa shape index (κ1) is 12.8. The third-order valence-corrected chi connectivity index (χ3v) is 2.27. The summed E-state index contributed by atoms with van der Waals surface area (Å²) in [6.45, 7) is 11.3. The molecule has 0 saturated heterocycles. The predicted octanol–water partition coefficient (Wildman–Crippen LogP) is 2.19. The van der Waals surface area contributed by atoms with E-state index in [0.717, 1.165) is 38.3 Å². The highest BCUT2D eigenvalue weighted by atomic mass is 16.4. The van der Waals surface area contributed by atoms with Gasteiger partial charge in [0, 0.05) is 19.6 Å². The van der Waals surface area contributed by atoms with E-state index in [1.54, 1.807) is 6.26 Å². The molecule has 0 aliphatic carbocycles. The van der Waals surface area contributed by atoms with Gasteiger partial charge in [0.15, 0.2) is 0 Å².